The van der Waals surface area contributed by atoms with Crippen LogP contribution in [0, 0.1) is 0 Å². The average Bonchev–Trinajstić information content (AvgIpc) is 1.87. The molecule has 0 aliphatic carbocycles. The summed E-state index contributed by atoms with van der Waals surface area (Å²) in [5.41, 5.74) is 0. The molecule has 0 aliphatic rings. The second-order valence-electron chi connectivity index (χ2n) is 2.11. The van der Waals surface area contributed by atoms with E-state index in [1.807, 2.05) is 0 Å². The first-order chi connectivity index (χ1) is 4.77. The largest absolute Gasteiger partial charge is 0.303 e. The number of carbonyl (C=O) groups excluding carboxylic acids is 2. The Morgan fingerprint density at radius 1 is 1.40 bits per heavy atom. The number of hydrogen-bond acceptors (Lipinski definition) is 2. The number of hydrogen-bond donors (Lipinski definition) is 0. The van der Waals surface area contributed by atoms with Gasteiger partial charge in [-0.05, 0) is 25.8 Å². The van der Waals surface area contributed by atoms with Crippen LogP contribution in [0.4, 0.5) is 0 Å². The van der Waals surface area contributed by atoms with Crippen LogP contribution in [0.1, 0.15) is 26.2 Å². The van der Waals surface area contributed by atoms with Gasteiger partial charge in [-0.25, -0.2) is 0 Å². The molecule has 0 saturated carbocycles. The summed E-state index contributed by atoms with van der Waals surface area (Å²) in [6.07, 6.45) is 6.46. The molecule has 0 spiro atoms. The molecule has 2 nitrogen and oxygen atoms in total. The van der Waals surface area contributed by atoms with Crippen molar-refractivity contribution < 1.29 is 9.59 Å². The van der Waals surface area contributed by atoms with Gasteiger partial charge in [0.2, 0.25) is 0 Å². The number of aldehydes is 1. The first kappa shape index (κ1) is 9.08. The van der Waals surface area contributed by atoms with E-state index in [9.17, 15) is 9.59 Å². The minimum absolute atomic E-state index is 0.0612. The average molecular weight is 140 g/mol. The fourth-order valence-electron chi connectivity index (χ4n) is 0.568. The molecule has 0 saturated heterocycles. The zero-order chi connectivity index (χ0) is 7.82. The van der Waals surface area contributed by atoms with Crippen molar-refractivity contribution in [3.8, 4) is 0 Å². The molecule has 0 unspecified atom stereocenters. The molecule has 0 radical (unpaired) electrons. The van der Waals surface area contributed by atoms with Crippen LogP contribution in [-0.2, 0) is 9.59 Å². The molecule has 0 aromatic carbocycles. The Hall–Kier alpha value is -0.920. The third kappa shape index (κ3) is 7.08. The summed E-state index contributed by atoms with van der Waals surface area (Å²) in [5, 5.41) is 0. The Morgan fingerprint density at radius 3 is 2.60 bits per heavy atom. The van der Waals surface area contributed by atoms with Gasteiger partial charge in [0.25, 0.3) is 0 Å². The van der Waals surface area contributed by atoms with Crippen molar-refractivity contribution in [1.82, 2.24) is 0 Å². The predicted molar refractivity (Wildman–Crippen MR) is 39.7 cm³/mol. The molecule has 0 atom stereocenters. The summed E-state index contributed by atoms with van der Waals surface area (Å²) in [7, 11) is 0. The van der Waals surface area contributed by atoms with E-state index >= 15 is 0 Å². The van der Waals surface area contributed by atoms with E-state index in [-0.39, 0.29) is 5.78 Å². The fraction of sp³-hybridized carbons (Fsp3) is 0.500. The van der Waals surface area contributed by atoms with E-state index in [2.05, 4.69) is 0 Å². The van der Waals surface area contributed by atoms with Gasteiger partial charge in [0.05, 0.1) is 0 Å². The number of unbranched alkanes of at least 4 members (excludes halogenated alkanes) is 2. The molecular weight excluding hydrogens is 128 g/mol. The van der Waals surface area contributed by atoms with Gasteiger partial charge in [-0.3, -0.25) is 4.79 Å². The Bertz CT molecular complexity index is 136. The van der Waals surface area contributed by atoms with E-state index in [4.69, 9.17) is 0 Å². The third-order valence-electron chi connectivity index (χ3n) is 1.05. The maximum atomic E-state index is 10.3. The third-order valence-corrected chi connectivity index (χ3v) is 1.05. The molecule has 0 aromatic heterocycles. The number of allylic oxidation sites excluding steroid dienone is 2. The smallest absolute Gasteiger partial charge is 0.152 e. The monoisotopic (exact) mass is 140 g/mol. The van der Waals surface area contributed by atoms with Crippen molar-refractivity contribution >= 4 is 12.1 Å². The highest BCUT2D eigenvalue weighted by molar-refractivity contribution is 5.87. The lowest BCUT2D eigenvalue weighted by Crippen LogP contribution is -1.80. The van der Waals surface area contributed by atoms with Crippen molar-refractivity contribution in [1.29, 1.82) is 0 Å². The quantitative estimate of drug-likeness (QED) is 0.329. The molecule has 0 heterocycles. The second-order valence-corrected chi connectivity index (χ2v) is 2.11. The van der Waals surface area contributed by atoms with E-state index in [1.54, 1.807) is 6.08 Å². The lowest BCUT2D eigenvalue weighted by atomic mass is 10.2. The van der Waals surface area contributed by atoms with Gasteiger partial charge in [-0.15, -0.1) is 0 Å². The Labute approximate surface area is 60.9 Å². The number of carbonyl (C=O) groups is 2. The maximum Gasteiger partial charge on any atom is 0.152 e. The molecule has 2 heteroatoms. The Kier molecular flexibility index (Phi) is 5.63. The lowest BCUT2D eigenvalue weighted by Gasteiger charge is -1.85. The van der Waals surface area contributed by atoms with Crippen LogP contribution in [-0.4, -0.2) is 12.1 Å². The first-order valence-electron chi connectivity index (χ1n) is 3.38. The van der Waals surface area contributed by atoms with E-state index in [1.165, 1.54) is 13.0 Å². The predicted octanol–water partition coefficient (Wildman–Crippen LogP) is 1.50. The number of rotatable bonds is 5. The second kappa shape index (κ2) is 6.20. The van der Waals surface area contributed by atoms with Crippen molar-refractivity contribution in [2.24, 2.45) is 0 Å². The SMILES string of the molecule is CC(=O)/C=C/CCCC=O. The molecule has 0 bridgehead atoms. The molecule has 0 amide bonds. The molecule has 56 valence electrons. The molecule has 0 aromatic rings. The van der Waals surface area contributed by atoms with Gasteiger partial charge in [0, 0.05) is 6.42 Å². The summed E-state index contributed by atoms with van der Waals surface area (Å²) >= 11 is 0. The van der Waals surface area contributed by atoms with Gasteiger partial charge < -0.3 is 4.79 Å². The highest BCUT2D eigenvalue weighted by atomic mass is 16.1. The molecular formula is C8H12O2. The van der Waals surface area contributed by atoms with Crippen LogP contribution in [0.3, 0.4) is 0 Å². The van der Waals surface area contributed by atoms with E-state index in [0.717, 1.165) is 19.1 Å². The van der Waals surface area contributed by atoms with Gasteiger partial charge in [-0.2, -0.15) is 0 Å². The maximum absolute atomic E-state index is 10.3. The summed E-state index contributed by atoms with van der Waals surface area (Å²) < 4.78 is 0. The summed E-state index contributed by atoms with van der Waals surface area (Å²) in [6, 6.07) is 0. The van der Waals surface area contributed by atoms with Gasteiger partial charge >= 0.3 is 0 Å². The molecule has 10 heavy (non-hydrogen) atoms. The standard InChI is InChI=1S/C8H12O2/c1-8(10)6-4-2-3-5-7-9/h4,6-7H,2-3,5H2,1H3/b6-4+. The Balaban J connectivity index is 3.18. The fourth-order valence-corrected chi connectivity index (χ4v) is 0.568. The molecule has 0 aliphatic heterocycles. The molecule has 0 N–H and O–H groups in total. The van der Waals surface area contributed by atoms with Crippen LogP contribution >= 0.6 is 0 Å². The highest BCUT2D eigenvalue weighted by Gasteiger charge is 1.83. The summed E-state index contributed by atoms with van der Waals surface area (Å²) in [4.78, 5) is 20.1. The van der Waals surface area contributed by atoms with Crippen LogP contribution < -0.4 is 0 Å². The Morgan fingerprint density at radius 2 is 2.10 bits per heavy atom. The minimum atomic E-state index is 0.0612. The van der Waals surface area contributed by atoms with Crippen molar-refractivity contribution in [3.05, 3.63) is 12.2 Å². The van der Waals surface area contributed by atoms with Crippen molar-refractivity contribution in [3.63, 3.8) is 0 Å². The summed E-state index contributed by atoms with van der Waals surface area (Å²) in [5.74, 6) is 0.0612. The van der Waals surface area contributed by atoms with Gasteiger partial charge in [-0.1, -0.05) is 6.08 Å². The number of ketones is 1. The first-order valence-corrected chi connectivity index (χ1v) is 3.38. The van der Waals surface area contributed by atoms with Gasteiger partial charge in [0.1, 0.15) is 6.29 Å². The highest BCUT2D eigenvalue weighted by Crippen LogP contribution is 1.93. The molecule has 0 fully saturated rings. The summed E-state index contributed by atoms with van der Waals surface area (Å²) in [6.45, 7) is 1.51. The lowest BCUT2D eigenvalue weighted by molar-refractivity contribution is -0.112. The topological polar surface area (TPSA) is 34.1 Å². The van der Waals surface area contributed by atoms with Crippen molar-refractivity contribution in [2.45, 2.75) is 26.2 Å². The normalized spacial score (nSPS) is 10.1. The van der Waals surface area contributed by atoms with Crippen LogP contribution in [0.5, 0.6) is 0 Å². The van der Waals surface area contributed by atoms with Gasteiger partial charge in [0.15, 0.2) is 5.78 Å². The van der Waals surface area contributed by atoms with Crippen LogP contribution in [0.15, 0.2) is 12.2 Å². The minimum Gasteiger partial charge on any atom is -0.303 e. The van der Waals surface area contributed by atoms with E-state index in [0.29, 0.717) is 6.42 Å². The zero-order valence-electron chi connectivity index (χ0n) is 6.17. The zero-order valence-corrected chi connectivity index (χ0v) is 6.17. The van der Waals surface area contributed by atoms with Crippen LogP contribution in [0.2, 0.25) is 0 Å². The molecule has 0 rings (SSSR count). The van der Waals surface area contributed by atoms with E-state index < -0.39 is 0 Å². The van der Waals surface area contributed by atoms with Crippen molar-refractivity contribution in [2.75, 3.05) is 0 Å². The van der Waals surface area contributed by atoms with Crippen LogP contribution in [0.25, 0.3) is 0 Å².